The second-order valence-corrected chi connectivity index (χ2v) is 5.25. The molecule has 0 saturated carbocycles. The Morgan fingerprint density at radius 2 is 2.12 bits per heavy atom. The minimum absolute atomic E-state index is 0.274. The average molecular weight is 289 g/mol. The summed E-state index contributed by atoms with van der Waals surface area (Å²) >= 11 is 3.13. The molecule has 0 atom stereocenters. The van der Waals surface area contributed by atoms with E-state index in [-0.39, 0.29) is 11.5 Å². The summed E-state index contributed by atoms with van der Waals surface area (Å²) in [7, 11) is 0. The Kier molecular flexibility index (Phi) is 4.04. The molecule has 3 nitrogen and oxygen atoms in total. The van der Waals surface area contributed by atoms with E-state index in [9.17, 15) is 9.18 Å². The number of nitrogens with two attached hydrogens (primary N) is 1. The van der Waals surface area contributed by atoms with Crippen molar-refractivity contribution in [2.75, 3.05) is 6.54 Å². The Morgan fingerprint density at radius 3 is 2.62 bits per heavy atom. The maximum Gasteiger partial charge on any atom is 0.251 e. The molecule has 0 unspecified atom stereocenters. The molecule has 0 fully saturated rings. The van der Waals surface area contributed by atoms with Crippen LogP contribution in [0.2, 0.25) is 0 Å². The van der Waals surface area contributed by atoms with Crippen molar-refractivity contribution < 1.29 is 9.18 Å². The van der Waals surface area contributed by atoms with E-state index in [0.29, 0.717) is 11.0 Å². The molecule has 0 heterocycles. The van der Waals surface area contributed by atoms with Gasteiger partial charge < -0.3 is 11.1 Å². The summed E-state index contributed by atoms with van der Waals surface area (Å²) in [5.41, 5.74) is 5.51. The Morgan fingerprint density at radius 1 is 1.50 bits per heavy atom. The second kappa shape index (κ2) is 4.93. The topological polar surface area (TPSA) is 55.1 Å². The van der Waals surface area contributed by atoms with E-state index in [1.165, 1.54) is 12.1 Å². The molecule has 0 aliphatic carbocycles. The Hall–Kier alpha value is -0.940. The first-order valence-electron chi connectivity index (χ1n) is 4.81. The van der Waals surface area contributed by atoms with Gasteiger partial charge in [-0.05, 0) is 32.0 Å². The number of halogens is 2. The summed E-state index contributed by atoms with van der Waals surface area (Å²) in [5, 5.41) is 2.64. The van der Waals surface area contributed by atoms with Gasteiger partial charge in [-0.2, -0.15) is 0 Å². The molecular formula is C11H14BrFN2O. The second-order valence-electron chi connectivity index (χ2n) is 4.33. The van der Waals surface area contributed by atoms with Gasteiger partial charge in [-0.3, -0.25) is 4.79 Å². The molecule has 0 saturated heterocycles. The number of hydrogen-bond acceptors (Lipinski definition) is 2. The maximum absolute atomic E-state index is 13.0. The van der Waals surface area contributed by atoms with Crippen molar-refractivity contribution in [1.82, 2.24) is 5.32 Å². The van der Waals surface area contributed by atoms with Crippen LogP contribution in [0, 0.1) is 5.82 Å². The quantitative estimate of drug-likeness (QED) is 0.895. The lowest BCUT2D eigenvalue weighted by atomic mass is 10.1. The van der Waals surface area contributed by atoms with Crippen LogP contribution in [-0.4, -0.2) is 18.0 Å². The standard InChI is InChI=1S/C11H14BrFN2O/c1-11(2,14)6-15-10(16)7-3-8(12)5-9(13)4-7/h3-5H,6,14H2,1-2H3,(H,15,16). The molecule has 3 N–H and O–H groups in total. The van der Waals surface area contributed by atoms with Gasteiger partial charge in [0.05, 0.1) is 0 Å². The molecule has 0 aliphatic heterocycles. The summed E-state index contributed by atoms with van der Waals surface area (Å²) in [4.78, 5) is 11.6. The van der Waals surface area contributed by atoms with Gasteiger partial charge in [-0.15, -0.1) is 0 Å². The van der Waals surface area contributed by atoms with Gasteiger partial charge in [-0.25, -0.2) is 4.39 Å². The van der Waals surface area contributed by atoms with E-state index in [1.807, 2.05) is 0 Å². The maximum atomic E-state index is 13.0. The SMILES string of the molecule is CC(C)(N)CNC(=O)c1cc(F)cc(Br)c1. The van der Waals surface area contributed by atoms with E-state index in [4.69, 9.17) is 5.73 Å². The van der Waals surface area contributed by atoms with Crippen LogP contribution in [0.3, 0.4) is 0 Å². The fraction of sp³-hybridized carbons (Fsp3) is 0.364. The number of carbonyl (C=O) groups is 1. The van der Waals surface area contributed by atoms with E-state index in [1.54, 1.807) is 19.9 Å². The third kappa shape index (κ3) is 4.28. The summed E-state index contributed by atoms with van der Waals surface area (Å²) in [6.45, 7) is 3.93. The van der Waals surface area contributed by atoms with Gasteiger partial charge in [0.1, 0.15) is 5.82 Å². The van der Waals surface area contributed by atoms with Gasteiger partial charge in [0, 0.05) is 22.1 Å². The van der Waals surface area contributed by atoms with Crippen molar-refractivity contribution in [2.45, 2.75) is 19.4 Å². The molecule has 16 heavy (non-hydrogen) atoms. The lowest BCUT2D eigenvalue weighted by molar-refractivity contribution is 0.0945. The molecule has 1 amide bonds. The van der Waals surface area contributed by atoms with Gasteiger partial charge in [-0.1, -0.05) is 15.9 Å². The van der Waals surface area contributed by atoms with Crippen molar-refractivity contribution in [3.05, 3.63) is 34.1 Å². The first kappa shape index (κ1) is 13.1. The van der Waals surface area contributed by atoms with Crippen LogP contribution in [0.1, 0.15) is 24.2 Å². The smallest absolute Gasteiger partial charge is 0.251 e. The summed E-state index contributed by atoms with van der Waals surface area (Å²) in [6, 6.07) is 4.04. The van der Waals surface area contributed by atoms with Crippen LogP contribution in [0.4, 0.5) is 4.39 Å². The molecule has 5 heteroatoms. The summed E-state index contributed by atoms with van der Waals surface area (Å²) in [5.74, 6) is -0.787. The minimum atomic E-state index is -0.486. The Balaban J connectivity index is 2.73. The first-order chi connectivity index (χ1) is 7.28. The fourth-order valence-electron chi connectivity index (χ4n) is 1.10. The highest BCUT2D eigenvalue weighted by Gasteiger charge is 2.14. The molecule has 1 rings (SSSR count). The number of hydrogen-bond donors (Lipinski definition) is 2. The normalized spacial score (nSPS) is 11.3. The zero-order valence-electron chi connectivity index (χ0n) is 9.18. The molecule has 88 valence electrons. The van der Waals surface area contributed by atoms with Crippen molar-refractivity contribution >= 4 is 21.8 Å². The zero-order chi connectivity index (χ0) is 12.3. The molecular weight excluding hydrogens is 275 g/mol. The third-order valence-corrected chi connectivity index (χ3v) is 2.29. The predicted molar refractivity (Wildman–Crippen MR) is 64.7 cm³/mol. The molecule has 1 aromatic carbocycles. The Labute approximate surface area is 102 Å². The van der Waals surface area contributed by atoms with Gasteiger partial charge in [0.25, 0.3) is 5.91 Å². The van der Waals surface area contributed by atoms with Gasteiger partial charge in [0.2, 0.25) is 0 Å². The predicted octanol–water partition coefficient (Wildman–Crippen LogP) is 2.06. The molecule has 0 aliphatic rings. The van der Waals surface area contributed by atoms with Crippen LogP contribution < -0.4 is 11.1 Å². The number of nitrogens with one attached hydrogen (secondary N) is 1. The lowest BCUT2D eigenvalue weighted by Crippen LogP contribution is -2.45. The highest BCUT2D eigenvalue weighted by Crippen LogP contribution is 2.14. The monoisotopic (exact) mass is 288 g/mol. The van der Waals surface area contributed by atoms with Crippen LogP contribution in [-0.2, 0) is 0 Å². The Bertz CT molecular complexity index is 381. The average Bonchev–Trinajstić information content (AvgIpc) is 2.11. The first-order valence-corrected chi connectivity index (χ1v) is 5.60. The van der Waals surface area contributed by atoms with Crippen LogP contribution in [0.15, 0.2) is 22.7 Å². The van der Waals surface area contributed by atoms with Crippen molar-refractivity contribution in [1.29, 1.82) is 0 Å². The molecule has 1 aromatic rings. The largest absolute Gasteiger partial charge is 0.350 e. The summed E-state index contributed by atoms with van der Waals surface area (Å²) in [6.07, 6.45) is 0. The van der Waals surface area contributed by atoms with E-state index >= 15 is 0 Å². The fourth-order valence-corrected chi connectivity index (χ4v) is 1.56. The number of benzene rings is 1. The zero-order valence-corrected chi connectivity index (χ0v) is 10.8. The minimum Gasteiger partial charge on any atom is -0.350 e. The molecule has 0 radical (unpaired) electrons. The molecule has 0 spiro atoms. The van der Waals surface area contributed by atoms with Crippen LogP contribution in [0.5, 0.6) is 0 Å². The van der Waals surface area contributed by atoms with Crippen LogP contribution >= 0.6 is 15.9 Å². The van der Waals surface area contributed by atoms with Crippen molar-refractivity contribution in [3.63, 3.8) is 0 Å². The molecule has 0 aromatic heterocycles. The van der Waals surface area contributed by atoms with Crippen molar-refractivity contribution in [2.24, 2.45) is 5.73 Å². The lowest BCUT2D eigenvalue weighted by Gasteiger charge is -2.18. The van der Waals surface area contributed by atoms with E-state index < -0.39 is 11.4 Å². The number of carbonyl (C=O) groups excluding carboxylic acids is 1. The third-order valence-electron chi connectivity index (χ3n) is 1.83. The van der Waals surface area contributed by atoms with Crippen molar-refractivity contribution in [3.8, 4) is 0 Å². The molecule has 0 bridgehead atoms. The summed E-state index contributed by atoms with van der Waals surface area (Å²) < 4.78 is 13.6. The highest BCUT2D eigenvalue weighted by molar-refractivity contribution is 9.10. The van der Waals surface area contributed by atoms with Crippen LogP contribution in [0.25, 0.3) is 0 Å². The number of amides is 1. The van der Waals surface area contributed by atoms with E-state index in [0.717, 1.165) is 0 Å². The highest BCUT2D eigenvalue weighted by atomic mass is 79.9. The van der Waals surface area contributed by atoms with Gasteiger partial charge >= 0.3 is 0 Å². The number of rotatable bonds is 3. The van der Waals surface area contributed by atoms with E-state index in [2.05, 4.69) is 21.2 Å². The van der Waals surface area contributed by atoms with Gasteiger partial charge in [0.15, 0.2) is 0 Å².